The molecule has 6 heteroatoms. The first kappa shape index (κ1) is 16.5. The van der Waals surface area contributed by atoms with Crippen LogP contribution in [0.2, 0.25) is 0 Å². The van der Waals surface area contributed by atoms with Gasteiger partial charge in [0.2, 0.25) is 0 Å². The number of aryl methyl sites for hydroxylation is 1. The van der Waals surface area contributed by atoms with Gasteiger partial charge >= 0.3 is 6.03 Å². The number of imidazole rings is 1. The third-order valence-electron chi connectivity index (χ3n) is 4.62. The van der Waals surface area contributed by atoms with Gasteiger partial charge in [-0.2, -0.15) is 0 Å². The molecular weight excluding hydrogens is 302 g/mol. The van der Waals surface area contributed by atoms with Crippen LogP contribution < -0.4 is 5.32 Å². The van der Waals surface area contributed by atoms with Crippen molar-refractivity contribution in [1.82, 2.24) is 25.2 Å². The van der Waals surface area contributed by atoms with Gasteiger partial charge in [-0.05, 0) is 50.7 Å². The Kier molecular flexibility index (Phi) is 5.13. The molecule has 1 atom stereocenters. The van der Waals surface area contributed by atoms with Gasteiger partial charge in [-0.3, -0.25) is 4.98 Å². The summed E-state index contributed by atoms with van der Waals surface area (Å²) in [5.74, 6) is 1.43. The lowest BCUT2D eigenvalue weighted by molar-refractivity contribution is 0.167. The Labute approximate surface area is 142 Å². The molecule has 2 aromatic heterocycles. The number of urea groups is 1. The number of piperidine rings is 1. The smallest absolute Gasteiger partial charge is 0.317 e. The van der Waals surface area contributed by atoms with E-state index in [1.807, 2.05) is 31.0 Å². The van der Waals surface area contributed by atoms with Gasteiger partial charge in [0.1, 0.15) is 5.82 Å². The minimum Gasteiger partial charge on any atom is -0.344 e. The number of nitrogens with zero attached hydrogens (tertiary/aromatic N) is 3. The van der Waals surface area contributed by atoms with E-state index in [-0.39, 0.29) is 12.1 Å². The summed E-state index contributed by atoms with van der Waals surface area (Å²) in [4.78, 5) is 25.9. The monoisotopic (exact) mass is 327 g/mol. The summed E-state index contributed by atoms with van der Waals surface area (Å²) in [7, 11) is 0. The second-order valence-corrected chi connectivity index (χ2v) is 6.62. The number of carbonyl (C=O) groups excluding carboxylic acids is 1. The van der Waals surface area contributed by atoms with E-state index in [9.17, 15) is 4.79 Å². The summed E-state index contributed by atoms with van der Waals surface area (Å²) in [5.41, 5.74) is 2.28. The van der Waals surface area contributed by atoms with E-state index in [0.717, 1.165) is 43.9 Å². The van der Waals surface area contributed by atoms with Crippen LogP contribution in [0.4, 0.5) is 4.79 Å². The highest BCUT2D eigenvalue weighted by Crippen LogP contribution is 2.21. The van der Waals surface area contributed by atoms with Crippen LogP contribution in [-0.4, -0.2) is 39.0 Å². The van der Waals surface area contributed by atoms with Crippen molar-refractivity contribution >= 4 is 6.03 Å². The normalized spacial score (nSPS) is 16.8. The highest BCUT2D eigenvalue weighted by molar-refractivity contribution is 5.74. The van der Waals surface area contributed by atoms with Crippen LogP contribution in [0.3, 0.4) is 0 Å². The molecule has 0 unspecified atom stereocenters. The number of pyridine rings is 1. The van der Waals surface area contributed by atoms with Gasteiger partial charge in [-0.15, -0.1) is 0 Å². The van der Waals surface area contributed by atoms with Crippen LogP contribution in [-0.2, 0) is 6.42 Å². The lowest BCUT2D eigenvalue weighted by Gasteiger charge is -2.32. The van der Waals surface area contributed by atoms with Crippen LogP contribution in [0.5, 0.6) is 0 Å². The first-order valence-electron chi connectivity index (χ1n) is 8.57. The Bertz CT molecular complexity index is 661. The predicted octanol–water partition coefficient (Wildman–Crippen LogP) is 2.84. The Morgan fingerprint density at radius 2 is 2.21 bits per heavy atom. The number of aromatic nitrogens is 3. The largest absolute Gasteiger partial charge is 0.344 e. The van der Waals surface area contributed by atoms with E-state index < -0.39 is 0 Å². The molecule has 0 radical (unpaired) electrons. The van der Waals surface area contributed by atoms with Crippen LogP contribution in [0.25, 0.3) is 0 Å². The van der Waals surface area contributed by atoms with Crippen molar-refractivity contribution in [3.05, 3.63) is 47.8 Å². The standard InChI is InChI=1S/C18H25N5O/c1-13-11-20-17(21-13)14(2)22-18(24)23-8-5-15(6-9-23)10-16-4-3-7-19-12-16/h3-4,7,11-12,14-15H,5-6,8-10H2,1-2H3,(H,20,21)(H,22,24)/t14-/m1/s1. The fraction of sp³-hybridized carbons (Fsp3) is 0.500. The van der Waals surface area contributed by atoms with Crippen LogP contribution in [0, 0.1) is 12.8 Å². The fourth-order valence-electron chi connectivity index (χ4n) is 3.19. The molecule has 3 rings (SSSR count). The zero-order chi connectivity index (χ0) is 16.9. The first-order valence-corrected chi connectivity index (χ1v) is 8.57. The fourth-order valence-corrected chi connectivity index (χ4v) is 3.19. The third kappa shape index (κ3) is 4.13. The molecular formula is C18H25N5O. The number of carbonyl (C=O) groups is 1. The molecule has 1 aliphatic heterocycles. The quantitative estimate of drug-likeness (QED) is 0.907. The third-order valence-corrected chi connectivity index (χ3v) is 4.62. The zero-order valence-electron chi connectivity index (χ0n) is 14.3. The molecule has 0 aromatic carbocycles. The molecule has 24 heavy (non-hydrogen) atoms. The van der Waals surface area contributed by atoms with Crippen LogP contribution >= 0.6 is 0 Å². The summed E-state index contributed by atoms with van der Waals surface area (Å²) in [6, 6.07) is 3.99. The molecule has 1 aliphatic rings. The van der Waals surface area contributed by atoms with Gasteiger partial charge in [0.15, 0.2) is 0 Å². The Morgan fingerprint density at radius 3 is 2.83 bits per heavy atom. The summed E-state index contributed by atoms with van der Waals surface area (Å²) >= 11 is 0. The average molecular weight is 327 g/mol. The number of amides is 2. The summed E-state index contributed by atoms with van der Waals surface area (Å²) < 4.78 is 0. The minimum absolute atomic E-state index is 0.00335. The number of likely N-dealkylation sites (tertiary alicyclic amines) is 1. The van der Waals surface area contributed by atoms with E-state index in [4.69, 9.17) is 0 Å². The molecule has 2 amide bonds. The number of rotatable bonds is 4. The maximum atomic E-state index is 12.4. The first-order chi connectivity index (χ1) is 11.6. The Balaban J connectivity index is 1.46. The van der Waals surface area contributed by atoms with Crippen molar-refractivity contribution < 1.29 is 4.79 Å². The van der Waals surface area contributed by atoms with E-state index in [1.54, 1.807) is 12.4 Å². The summed E-state index contributed by atoms with van der Waals surface area (Å²) in [6.45, 7) is 5.52. The van der Waals surface area contributed by atoms with E-state index in [0.29, 0.717) is 5.92 Å². The molecule has 1 saturated heterocycles. The topological polar surface area (TPSA) is 73.9 Å². The summed E-state index contributed by atoms with van der Waals surface area (Å²) in [5, 5.41) is 3.03. The number of aromatic amines is 1. The van der Waals surface area contributed by atoms with E-state index in [2.05, 4.69) is 26.3 Å². The van der Waals surface area contributed by atoms with E-state index in [1.165, 1.54) is 5.56 Å². The highest BCUT2D eigenvalue weighted by Gasteiger charge is 2.24. The van der Waals surface area contributed by atoms with Crippen molar-refractivity contribution in [3.63, 3.8) is 0 Å². The number of H-pyrrole nitrogens is 1. The molecule has 3 heterocycles. The zero-order valence-corrected chi connectivity index (χ0v) is 14.3. The molecule has 0 spiro atoms. The lowest BCUT2D eigenvalue weighted by atomic mass is 9.91. The van der Waals surface area contributed by atoms with Gasteiger partial charge < -0.3 is 15.2 Å². The van der Waals surface area contributed by atoms with Crippen LogP contribution in [0.1, 0.15) is 42.9 Å². The second kappa shape index (κ2) is 7.47. The van der Waals surface area contributed by atoms with Gasteiger partial charge in [0, 0.05) is 37.4 Å². The Morgan fingerprint density at radius 1 is 1.42 bits per heavy atom. The van der Waals surface area contributed by atoms with Gasteiger partial charge in [-0.25, -0.2) is 9.78 Å². The molecule has 0 bridgehead atoms. The second-order valence-electron chi connectivity index (χ2n) is 6.62. The molecule has 6 nitrogen and oxygen atoms in total. The number of nitrogens with one attached hydrogen (secondary N) is 2. The predicted molar refractivity (Wildman–Crippen MR) is 92.5 cm³/mol. The van der Waals surface area contributed by atoms with Crippen molar-refractivity contribution in [3.8, 4) is 0 Å². The molecule has 128 valence electrons. The summed E-state index contributed by atoms with van der Waals surface area (Å²) in [6.07, 6.45) is 8.64. The number of hydrogen-bond donors (Lipinski definition) is 2. The van der Waals surface area contributed by atoms with Crippen molar-refractivity contribution in [2.24, 2.45) is 5.92 Å². The van der Waals surface area contributed by atoms with Gasteiger partial charge in [0.05, 0.1) is 6.04 Å². The maximum absolute atomic E-state index is 12.4. The minimum atomic E-state index is -0.112. The highest BCUT2D eigenvalue weighted by atomic mass is 16.2. The molecule has 0 saturated carbocycles. The molecule has 1 fully saturated rings. The molecule has 0 aliphatic carbocycles. The van der Waals surface area contributed by atoms with Crippen molar-refractivity contribution in [2.75, 3.05) is 13.1 Å². The maximum Gasteiger partial charge on any atom is 0.317 e. The molecule has 2 N–H and O–H groups in total. The van der Waals surface area contributed by atoms with Crippen molar-refractivity contribution in [1.29, 1.82) is 0 Å². The number of hydrogen-bond acceptors (Lipinski definition) is 3. The SMILES string of the molecule is Cc1cnc([C@@H](C)NC(=O)N2CCC(Cc3cccnc3)CC2)[nH]1. The Hall–Kier alpha value is -2.37. The van der Waals surface area contributed by atoms with Gasteiger partial charge in [0.25, 0.3) is 0 Å². The lowest BCUT2D eigenvalue weighted by Crippen LogP contribution is -2.45. The molecule has 2 aromatic rings. The van der Waals surface area contributed by atoms with Crippen LogP contribution in [0.15, 0.2) is 30.7 Å². The van der Waals surface area contributed by atoms with Gasteiger partial charge in [-0.1, -0.05) is 6.07 Å². The van der Waals surface area contributed by atoms with Crippen molar-refractivity contribution in [2.45, 2.75) is 39.2 Å². The average Bonchev–Trinajstić information content (AvgIpc) is 3.03. The van der Waals surface area contributed by atoms with E-state index >= 15 is 0 Å².